The highest BCUT2D eigenvalue weighted by atomic mass is 127. The van der Waals surface area contributed by atoms with Gasteiger partial charge in [-0.25, -0.2) is 0 Å². The number of anilines is 1. The van der Waals surface area contributed by atoms with Crippen molar-refractivity contribution < 1.29 is 26.3 Å². The topological polar surface area (TPSA) is 66.6 Å². The molecule has 14 heteroatoms. The molecule has 0 unspecified atom stereocenters. The Hall–Kier alpha value is -1.46. The number of rotatable bonds is 1. The van der Waals surface area contributed by atoms with Crippen LogP contribution in [0.2, 0.25) is 0 Å². The Morgan fingerprint density at radius 1 is 0.821 bits per heavy atom. The molecule has 154 valence electrons. The van der Waals surface area contributed by atoms with Gasteiger partial charge in [-0.15, -0.1) is 36.5 Å². The van der Waals surface area contributed by atoms with Gasteiger partial charge in [0, 0.05) is 23.5 Å². The largest absolute Gasteiger partial charge is 0.505 e. The first kappa shape index (κ1) is 22.8. The molecule has 0 aliphatic carbocycles. The van der Waals surface area contributed by atoms with Crippen LogP contribution >= 0.6 is 45.2 Å². The van der Waals surface area contributed by atoms with Gasteiger partial charge >= 0.3 is 12.6 Å². The maximum atomic E-state index is 12.6. The Morgan fingerprint density at radius 2 is 1.25 bits per heavy atom. The third kappa shape index (κ3) is 5.12. The monoisotopic (exact) mass is 632 g/mol. The molecule has 0 amide bonds. The Balaban J connectivity index is 0.000000221. The highest BCUT2D eigenvalue weighted by Crippen LogP contribution is 2.27. The third-order valence-corrected chi connectivity index (χ3v) is 4.86. The van der Waals surface area contributed by atoms with Crippen molar-refractivity contribution in [3.63, 3.8) is 0 Å². The molecule has 0 spiro atoms. The van der Waals surface area contributed by atoms with Crippen LogP contribution in [0.4, 0.5) is 32.2 Å². The average Bonchev–Trinajstić information content (AvgIpc) is 3.16. The molecular weight excluding hydrogens is 620 g/mol. The Bertz CT molecular complexity index is 949. The van der Waals surface area contributed by atoms with Crippen molar-refractivity contribution in [2.24, 2.45) is 0 Å². The van der Waals surface area contributed by atoms with Gasteiger partial charge in [0.2, 0.25) is 0 Å². The van der Waals surface area contributed by atoms with Crippen LogP contribution in [0.5, 0.6) is 0 Å². The quantitative estimate of drug-likeness (QED) is 0.307. The van der Waals surface area contributed by atoms with Crippen LogP contribution in [0.25, 0.3) is 5.82 Å². The van der Waals surface area contributed by atoms with Crippen molar-refractivity contribution in [2.75, 3.05) is 5.73 Å². The van der Waals surface area contributed by atoms with Crippen LogP contribution in [-0.2, 0) is 12.6 Å². The van der Waals surface area contributed by atoms with E-state index >= 15 is 0 Å². The minimum absolute atomic E-state index is 0.0394. The molecule has 0 aliphatic heterocycles. The van der Waals surface area contributed by atoms with E-state index in [1.54, 1.807) is 27.2 Å². The predicted octanol–water partition coefficient (Wildman–Crippen LogP) is 4.92. The Kier molecular flexibility index (Phi) is 6.61. The van der Waals surface area contributed by atoms with Crippen LogP contribution < -0.4 is 5.73 Å². The first-order valence-corrected chi connectivity index (χ1v) is 9.44. The maximum Gasteiger partial charge on any atom is 0.505 e. The van der Waals surface area contributed by atoms with Gasteiger partial charge in [0.15, 0.2) is 5.82 Å². The van der Waals surface area contributed by atoms with Crippen molar-refractivity contribution >= 4 is 51.0 Å². The molecule has 3 aromatic heterocycles. The molecule has 0 radical (unpaired) electrons. The average molecular weight is 632 g/mol. The highest BCUT2D eigenvalue weighted by molar-refractivity contribution is 14.1. The van der Waals surface area contributed by atoms with E-state index in [-0.39, 0.29) is 28.4 Å². The summed E-state index contributed by atoms with van der Waals surface area (Å²) in [5.74, 6) is 0.151. The van der Waals surface area contributed by atoms with E-state index in [1.807, 2.05) is 26.0 Å². The number of hydrogen-bond acceptors (Lipinski definition) is 3. The van der Waals surface area contributed by atoms with Crippen LogP contribution in [0.1, 0.15) is 11.4 Å². The second kappa shape index (κ2) is 8.11. The molecule has 0 atom stereocenters. The van der Waals surface area contributed by atoms with Crippen LogP contribution in [0.15, 0.2) is 24.3 Å². The number of halogens is 8. The van der Waals surface area contributed by atoms with Gasteiger partial charge in [0.05, 0.1) is 0 Å². The van der Waals surface area contributed by atoms with E-state index < -0.39 is 12.6 Å². The van der Waals surface area contributed by atoms with Gasteiger partial charge in [0.25, 0.3) is 0 Å². The molecule has 3 aromatic rings. The van der Waals surface area contributed by atoms with Crippen LogP contribution in [0.3, 0.4) is 0 Å². The summed E-state index contributed by atoms with van der Waals surface area (Å²) in [7, 11) is 0. The molecule has 2 N–H and O–H groups in total. The summed E-state index contributed by atoms with van der Waals surface area (Å²) in [6, 6.07) is 6.24. The number of aryl methyl sites for hydroxylation is 2. The number of nitrogens with zero attached hydrogens (tertiary/aromatic N) is 5. The Labute approximate surface area is 182 Å². The minimum atomic E-state index is -4.48. The van der Waals surface area contributed by atoms with E-state index in [2.05, 4.69) is 10.2 Å². The molecule has 0 fully saturated rings. The summed E-state index contributed by atoms with van der Waals surface area (Å²) >= 11 is 3.13. The van der Waals surface area contributed by atoms with E-state index in [9.17, 15) is 26.3 Å². The number of alkyl halides is 6. The fraction of sp³-hybridized carbons (Fsp3) is 0.286. The Morgan fingerprint density at radius 3 is 1.57 bits per heavy atom. The van der Waals surface area contributed by atoms with E-state index in [0.717, 1.165) is 17.5 Å². The summed E-state index contributed by atoms with van der Waals surface area (Å²) in [5, 5.41) is 6.64. The SMILES string of the molecule is Cc1ccc(C)n1-c1cc(I)n(C(F)(F)F)n1.Nc1cc(I)n(C(F)(F)F)n1. The minimum Gasteiger partial charge on any atom is -0.382 e. The number of nitrogens with two attached hydrogens (primary N) is 1. The zero-order valence-corrected chi connectivity index (χ0v) is 18.5. The van der Waals surface area contributed by atoms with Gasteiger partial charge < -0.3 is 10.3 Å². The lowest BCUT2D eigenvalue weighted by Gasteiger charge is -2.07. The summed E-state index contributed by atoms with van der Waals surface area (Å²) in [4.78, 5) is 0. The molecule has 0 aliphatic rings. The summed E-state index contributed by atoms with van der Waals surface area (Å²) in [6.07, 6.45) is -8.96. The third-order valence-electron chi connectivity index (χ3n) is 3.32. The molecule has 0 saturated heterocycles. The molecule has 0 aromatic carbocycles. The summed E-state index contributed by atoms with van der Waals surface area (Å²) in [5.41, 5.74) is 6.74. The first-order valence-electron chi connectivity index (χ1n) is 7.28. The molecule has 3 rings (SSSR count). The molecular formula is C14H12F6I2N6. The van der Waals surface area contributed by atoms with Gasteiger partial charge in [0.1, 0.15) is 13.2 Å². The van der Waals surface area contributed by atoms with Gasteiger partial charge in [-0.3, -0.25) is 0 Å². The second-order valence-electron chi connectivity index (χ2n) is 5.43. The molecule has 3 heterocycles. The fourth-order valence-electron chi connectivity index (χ4n) is 2.22. The molecule has 28 heavy (non-hydrogen) atoms. The van der Waals surface area contributed by atoms with Gasteiger partial charge in [-0.05, 0) is 71.2 Å². The second-order valence-corrected chi connectivity index (χ2v) is 7.64. The lowest BCUT2D eigenvalue weighted by atomic mass is 10.5. The van der Waals surface area contributed by atoms with Crippen molar-refractivity contribution in [2.45, 2.75) is 26.4 Å². The smallest absolute Gasteiger partial charge is 0.382 e. The lowest BCUT2D eigenvalue weighted by Crippen LogP contribution is -2.20. The predicted molar refractivity (Wildman–Crippen MR) is 106 cm³/mol. The van der Waals surface area contributed by atoms with Crippen LogP contribution in [0, 0.1) is 21.2 Å². The van der Waals surface area contributed by atoms with E-state index in [4.69, 9.17) is 5.73 Å². The molecule has 0 bridgehead atoms. The number of aromatic nitrogens is 5. The standard InChI is InChI=1S/C10H9F3IN3.C4H3F3IN3/c1-6-3-4-7(2)16(6)9-5-8(14)17(15-9)10(11,12)13;5-4(6,7)11-2(8)1-3(9)10-11/h3-5H,1-2H3;1H,(H2,9,10). The number of nitrogen functional groups attached to an aromatic ring is 1. The molecule has 6 nitrogen and oxygen atoms in total. The fourth-order valence-corrected chi connectivity index (χ4v) is 3.58. The molecule has 0 saturated carbocycles. The lowest BCUT2D eigenvalue weighted by molar-refractivity contribution is -0.214. The normalized spacial score (nSPS) is 12.1. The highest BCUT2D eigenvalue weighted by Gasteiger charge is 2.35. The van der Waals surface area contributed by atoms with Crippen LogP contribution in [-0.4, -0.2) is 24.1 Å². The first-order chi connectivity index (χ1) is 12.7. The maximum absolute atomic E-state index is 12.6. The van der Waals surface area contributed by atoms with Crippen molar-refractivity contribution in [1.82, 2.24) is 24.1 Å². The van der Waals surface area contributed by atoms with E-state index in [0.29, 0.717) is 0 Å². The van der Waals surface area contributed by atoms with Crippen molar-refractivity contribution in [1.29, 1.82) is 0 Å². The van der Waals surface area contributed by atoms with Gasteiger partial charge in [-0.2, -0.15) is 9.36 Å². The zero-order chi connectivity index (χ0) is 21.4. The zero-order valence-electron chi connectivity index (χ0n) is 14.1. The van der Waals surface area contributed by atoms with Gasteiger partial charge in [-0.1, -0.05) is 0 Å². The number of hydrogen-bond donors (Lipinski definition) is 1. The van der Waals surface area contributed by atoms with Crippen molar-refractivity contribution in [3.05, 3.63) is 43.1 Å². The summed E-state index contributed by atoms with van der Waals surface area (Å²) in [6.45, 7) is 3.65. The van der Waals surface area contributed by atoms with Crippen molar-refractivity contribution in [3.8, 4) is 5.82 Å². The van der Waals surface area contributed by atoms with E-state index in [1.165, 1.54) is 28.7 Å². The summed E-state index contributed by atoms with van der Waals surface area (Å²) < 4.78 is 75.1.